The first-order valence-corrected chi connectivity index (χ1v) is 8.70. The lowest BCUT2D eigenvalue weighted by molar-refractivity contribution is -0.132. The zero-order chi connectivity index (χ0) is 17.4. The maximum absolute atomic E-state index is 13.0. The molecule has 2 atom stereocenters. The Kier molecular flexibility index (Phi) is 4.07. The maximum atomic E-state index is 13.0. The Hall–Kier alpha value is -2.56. The van der Waals surface area contributed by atoms with Crippen LogP contribution in [0.15, 0.2) is 48.5 Å². The van der Waals surface area contributed by atoms with Gasteiger partial charge in [0.05, 0.1) is 0 Å². The van der Waals surface area contributed by atoms with E-state index >= 15 is 0 Å². The van der Waals surface area contributed by atoms with Gasteiger partial charge in [-0.15, -0.1) is 0 Å². The molecule has 2 fully saturated rings. The molecule has 2 aromatic rings. The highest BCUT2D eigenvalue weighted by Crippen LogP contribution is 2.48. The summed E-state index contributed by atoms with van der Waals surface area (Å²) in [4.78, 5) is 16.9. The van der Waals surface area contributed by atoms with Crippen molar-refractivity contribution in [3.63, 3.8) is 0 Å². The smallest absolute Gasteiger partial charge is 0.226 e. The Labute approximate surface area is 146 Å². The number of hydrogen-bond acceptors (Lipinski definition) is 3. The molecule has 1 saturated carbocycles. The van der Waals surface area contributed by atoms with Gasteiger partial charge in [0.15, 0.2) is 0 Å². The number of hydrogen-bond donors (Lipinski definition) is 1. The molecule has 0 radical (unpaired) electrons. The van der Waals surface area contributed by atoms with Crippen molar-refractivity contribution in [2.24, 2.45) is 5.92 Å². The molecule has 0 unspecified atom stereocenters. The Balaban J connectivity index is 1.33. The van der Waals surface area contributed by atoms with Crippen molar-refractivity contribution < 1.29 is 14.3 Å². The van der Waals surface area contributed by atoms with Crippen molar-refractivity contribution >= 4 is 11.6 Å². The van der Waals surface area contributed by atoms with Crippen LogP contribution in [0.2, 0.25) is 0 Å². The van der Waals surface area contributed by atoms with Gasteiger partial charge < -0.3 is 14.9 Å². The van der Waals surface area contributed by atoms with Crippen LogP contribution in [0.1, 0.15) is 17.9 Å². The first-order valence-electron chi connectivity index (χ1n) is 8.70. The summed E-state index contributed by atoms with van der Waals surface area (Å²) in [6.45, 7) is 3.02. The molecule has 1 aliphatic heterocycles. The molecule has 4 nitrogen and oxygen atoms in total. The van der Waals surface area contributed by atoms with Gasteiger partial charge in [-0.1, -0.05) is 12.1 Å². The van der Waals surface area contributed by atoms with Crippen molar-refractivity contribution in [1.29, 1.82) is 0 Å². The van der Waals surface area contributed by atoms with Crippen molar-refractivity contribution in [2.45, 2.75) is 12.3 Å². The molecule has 5 heteroatoms. The number of anilines is 1. The summed E-state index contributed by atoms with van der Waals surface area (Å²) in [7, 11) is 0. The van der Waals surface area contributed by atoms with E-state index in [0.717, 1.165) is 30.8 Å². The molecule has 4 rings (SSSR count). The summed E-state index contributed by atoms with van der Waals surface area (Å²) in [6, 6.07) is 13.7. The minimum atomic E-state index is -0.238. The third-order valence-corrected chi connectivity index (χ3v) is 5.21. The molecule has 1 aliphatic carbocycles. The molecular formula is C20H21FN2O2. The minimum Gasteiger partial charge on any atom is -0.508 e. The highest BCUT2D eigenvalue weighted by molar-refractivity contribution is 5.83. The van der Waals surface area contributed by atoms with Crippen LogP contribution in [-0.4, -0.2) is 42.1 Å². The Bertz CT molecular complexity index is 752. The molecule has 25 heavy (non-hydrogen) atoms. The number of carbonyl (C=O) groups excluding carboxylic acids is 1. The molecule has 1 heterocycles. The van der Waals surface area contributed by atoms with E-state index in [-0.39, 0.29) is 29.3 Å². The van der Waals surface area contributed by atoms with E-state index < -0.39 is 0 Å². The van der Waals surface area contributed by atoms with Gasteiger partial charge in [-0.05, 0) is 54.3 Å². The number of aromatic hydroxyl groups is 1. The monoisotopic (exact) mass is 340 g/mol. The summed E-state index contributed by atoms with van der Waals surface area (Å²) in [6.07, 6.45) is 0.864. The first kappa shape index (κ1) is 15.9. The van der Waals surface area contributed by atoms with Gasteiger partial charge in [-0.25, -0.2) is 4.39 Å². The normalized spacial score (nSPS) is 22.8. The van der Waals surface area contributed by atoms with E-state index in [1.807, 2.05) is 17.0 Å². The quantitative estimate of drug-likeness (QED) is 0.934. The van der Waals surface area contributed by atoms with Crippen LogP contribution >= 0.6 is 0 Å². The first-order chi connectivity index (χ1) is 12.1. The predicted octanol–water partition coefficient (Wildman–Crippen LogP) is 2.98. The maximum Gasteiger partial charge on any atom is 0.226 e. The number of amides is 1. The van der Waals surface area contributed by atoms with Crippen molar-refractivity contribution in [1.82, 2.24) is 4.90 Å². The lowest BCUT2D eigenvalue weighted by Crippen LogP contribution is -2.49. The average Bonchev–Trinajstić information content (AvgIpc) is 3.43. The molecule has 130 valence electrons. The summed E-state index contributed by atoms with van der Waals surface area (Å²) >= 11 is 0. The zero-order valence-corrected chi connectivity index (χ0v) is 13.9. The molecule has 1 N–H and O–H groups in total. The largest absolute Gasteiger partial charge is 0.508 e. The molecule has 1 saturated heterocycles. The molecule has 2 aliphatic rings. The van der Waals surface area contributed by atoms with Crippen molar-refractivity contribution in [3.8, 4) is 5.75 Å². The summed E-state index contributed by atoms with van der Waals surface area (Å²) < 4.78 is 13.0. The second-order valence-electron chi connectivity index (χ2n) is 6.83. The SMILES string of the molecule is O=C([C@H]1C[C@@H]1c1ccc(F)cc1)N1CCN(c2ccc(O)cc2)CC1. The van der Waals surface area contributed by atoms with Crippen molar-refractivity contribution in [3.05, 3.63) is 59.9 Å². The number of rotatable bonds is 3. The average molecular weight is 340 g/mol. The van der Waals surface area contributed by atoms with Crippen molar-refractivity contribution in [2.75, 3.05) is 31.1 Å². The van der Waals surface area contributed by atoms with E-state index in [9.17, 15) is 14.3 Å². The van der Waals surface area contributed by atoms with Gasteiger partial charge in [-0.2, -0.15) is 0 Å². The van der Waals surface area contributed by atoms with E-state index in [2.05, 4.69) is 4.90 Å². The third kappa shape index (κ3) is 3.31. The van der Waals surface area contributed by atoms with Gasteiger partial charge in [0.1, 0.15) is 11.6 Å². The van der Waals surface area contributed by atoms with Crippen LogP contribution in [0.3, 0.4) is 0 Å². The summed E-state index contributed by atoms with van der Waals surface area (Å²) in [5.41, 5.74) is 2.13. The van der Waals surface area contributed by atoms with E-state index in [4.69, 9.17) is 0 Å². The molecular weight excluding hydrogens is 319 g/mol. The van der Waals surface area contributed by atoms with Crippen LogP contribution in [0.5, 0.6) is 5.75 Å². The molecule has 0 spiro atoms. The van der Waals surface area contributed by atoms with Crippen LogP contribution in [-0.2, 0) is 4.79 Å². The number of carbonyl (C=O) groups is 1. The molecule has 2 aromatic carbocycles. The number of phenolic OH excluding ortho intramolecular Hbond substituents is 1. The highest BCUT2D eigenvalue weighted by Gasteiger charge is 2.46. The standard InChI is InChI=1S/C20H21FN2O2/c21-15-3-1-14(2-4-15)18-13-19(18)20(25)23-11-9-22(10-12-23)16-5-7-17(24)8-6-16/h1-8,18-19,24H,9-13H2/t18-,19+/m1/s1. The highest BCUT2D eigenvalue weighted by atomic mass is 19.1. The minimum absolute atomic E-state index is 0.0469. The second kappa shape index (κ2) is 6.39. The second-order valence-corrected chi connectivity index (χ2v) is 6.83. The van der Waals surface area contributed by atoms with Gasteiger partial charge >= 0.3 is 0 Å². The summed E-state index contributed by atoms with van der Waals surface area (Å²) in [5, 5.41) is 9.38. The molecule has 1 amide bonds. The number of nitrogens with zero attached hydrogens (tertiary/aromatic N) is 2. The lowest BCUT2D eigenvalue weighted by Gasteiger charge is -2.36. The van der Waals surface area contributed by atoms with Gasteiger partial charge in [-0.3, -0.25) is 4.79 Å². The number of halogens is 1. The summed E-state index contributed by atoms with van der Waals surface area (Å²) in [5.74, 6) is 0.532. The van der Waals surface area contributed by atoms with E-state index in [1.165, 1.54) is 12.1 Å². The van der Waals surface area contributed by atoms with Gasteiger partial charge in [0.2, 0.25) is 5.91 Å². The van der Waals surface area contributed by atoms with Gasteiger partial charge in [0, 0.05) is 37.8 Å². The Morgan fingerprint density at radius 3 is 2.24 bits per heavy atom. The fourth-order valence-corrected chi connectivity index (χ4v) is 3.63. The van der Waals surface area contributed by atoms with Crippen LogP contribution in [0.25, 0.3) is 0 Å². The number of piperazine rings is 1. The fraction of sp³-hybridized carbons (Fsp3) is 0.350. The predicted molar refractivity (Wildman–Crippen MR) is 94.1 cm³/mol. The van der Waals surface area contributed by atoms with Crippen LogP contribution in [0.4, 0.5) is 10.1 Å². The Morgan fingerprint density at radius 2 is 1.60 bits per heavy atom. The molecule has 0 aromatic heterocycles. The van der Waals surface area contributed by atoms with Crippen LogP contribution in [0, 0.1) is 11.7 Å². The zero-order valence-electron chi connectivity index (χ0n) is 13.9. The molecule has 0 bridgehead atoms. The topological polar surface area (TPSA) is 43.8 Å². The van der Waals surface area contributed by atoms with Gasteiger partial charge in [0.25, 0.3) is 0 Å². The Morgan fingerprint density at radius 1 is 0.960 bits per heavy atom. The lowest BCUT2D eigenvalue weighted by atomic mass is 10.1. The third-order valence-electron chi connectivity index (χ3n) is 5.21. The van der Waals surface area contributed by atoms with E-state index in [0.29, 0.717) is 13.1 Å². The fourth-order valence-electron chi connectivity index (χ4n) is 3.63. The number of benzene rings is 2. The number of phenols is 1. The van der Waals surface area contributed by atoms with E-state index in [1.54, 1.807) is 24.3 Å². The van der Waals surface area contributed by atoms with Crippen LogP contribution < -0.4 is 4.90 Å².